The van der Waals surface area contributed by atoms with Crippen molar-refractivity contribution in [2.45, 2.75) is 57.0 Å². The maximum absolute atomic E-state index is 12.3. The summed E-state index contributed by atoms with van der Waals surface area (Å²) in [7, 11) is 0. The highest BCUT2D eigenvalue weighted by Crippen LogP contribution is 2.42. The van der Waals surface area contributed by atoms with Crippen molar-refractivity contribution in [1.29, 1.82) is 0 Å². The molecular weight excluding hydrogens is 531 g/mol. The van der Waals surface area contributed by atoms with Crippen LogP contribution >= 0.6 is 23.2 Å². The quantitative estimate of drug-likeness (QED) is 0.204. The smallest absolute Gasteiger partial charge is 0.321 e. The number of aliphatic hydroxyl groups excluding tert-OH is 2. The number of allylic oxidation sites excluding steroid dienone is 1. The second kappa shape index (κ2) is 14.7. The summed E-state index contributed by atoms with van der Waals surface area (Å²) >= 11 is 12.2. The summed E-state index contributed by atoms with van der Waals surface area (Å²) in [6.07, 6.45) is -1.26. The SMILES string of the molecule is C=CCC(=O)CCC1C(c2ccc(Cl)c(Cc3ccc(OCC)cc3)c2)OC(CO)C(O)C1OC(=O)CCl. The fourth-order valence-electron chi connectivity index (χ4n) is 4.73. The van der Waals surface area contributed by atoms with Gasteiger partial charge < -0.3 is 24.4 Å². The van der Waals surface area contributed by atoms with Gasteiger partial charge in [0.25, 0.3) is 0 Å². The first kappa shape index (κ1) is 30.1. The molecule has 206 valence electrons. The summed E-state index contributed by atoms with van der Waals surface area (Å²) in [4.78, 5) is 24.5. The fraction of sp³-hybridized carbons (Fsp3) is 0.448. The lowest BCUT2D eigenvalue weighted by Gasteiger charge is -2.44. The van der Waals surface area contributed by atoms with Gasteiger partial charge in [0.05, 0.1) is 19.3 Å². The minimum absolute atomic E-state index is 0.0350. The zero-order valence-electron chi connectivity index (χ0n) is 21.4. The molecule has 7 nitrogen and oxygen atoms in total. The Balaban J connectivity index is 1.94. The molecule has 0 aliphatic carbocycles. The lowest BCUT2D eigenvalue weighted by atomic mass is 9.79. The van der Waals surface area contributed by atoms with Crippen LogP contribution < -0.4 is 4.74 Å². The third kappa shape index (κ3) is 7.80. The Bertz CT molecular complexity index is 1090. The number of esters is 1. The highest BCUT2D eigenvalue weighted by Gasteiger charge is 2.47. The summed E-state index contributed by atoms with van der Waals surface area (Å²) in [6, 6.07) is 13.2. The van der Waals surface area contributed by atoms with Crippen LogP contribution in [-0.2, 0) is 25.5 Å². The average Bonchev–Trinajstić information content (AvgIpc) is 2.91. The molecule has 0 bridgehead atoms. The fourth-order valence-corrected chi connectivity index (χ4v) is 4.97. The number of ketones is 1. The second-order valence-electron chi connectivity index (χ2n) is 9.19. The maximum Gasteiger partial charge on any atom is 0.321 e. The van der Waals surface area contributed by atoms with E-state index in [0.717, 1.165) is 22.4 Å². The van der Waals surface area contributed by atoms with Crippen LogP contribution in [0, 0.1) is 5.92 Å². The molecule has 5 unspecified atom stereocenters. The zero-order valence-corrected chi connectivity index (χ0v) is 22.9. The van der Waals surface area contributed by atoms with Crippen LogP contribution in [0.2, 0.25) is 5.02 Å². The molecule has 3 rings (SSSR count). The molecule has 0 aromatic heterocycles. The van der Waals surface area contributed by atoms with Crippen molar-refractivity contribution in [1.82, 2.24) is 0 Å². The number of ether oxygens (including phenoxy) is 3. The van der Waals surface area contributed by atoms with Gasteiger partial charge in [-0.3, -0.25) is 9.59 Å². The van der Waals surface area contributed by atoms with E-state index in [0.29, 0.717) is 18.1 Å². The van der Waals surface area contributed by atoms with E-state index < -0.39 is 48.8 Å². The number of carbonyl (C=O) groups excluding carboxylic acids is 2. The molecule has 0 spiro atoms. The van der Waals surface area contributed by atoms with Gasteiger partial charge in [-0.1, -0.05) is 41.9 Å². The Kier molecular flexibility index (Phi) is 11.6. The first-order valence-electron chi connectivity index (χ1n) is 12.6. The molecule has 2 N–H and O–H groups in total. The van der Waals surface area contributed by atoms with E-state index in [4.69, 9.17) is 37.4 Å². The van der Waals surface area contributed by atoms with Crippen LogP contribution in [0.1, 0.15) is 49.0 Å². The summed E-state index contributed by atoms with van der Waals surface area (Å²) in [5.74, 6) is -0.927. The Hall–Kier alpha value is -2.42. The van der Waals surface area contributed by atoms with Gasteiger partial charge in [0, 0.05) is 23.8 Å². The summed E-state index contributed by atoms with van der Waals surface area (Å²) in [6.45, 7) is 5.63. The Labute approximate surface area is 233 Å². The summed E-state index contributed by atoms with van der Waals surface area (Å²) < 4.78 is 17.2. The predicted molar refractivity (Wildman–Crippen MR) is 146 cm³/mol. The van der Waals surface area contributed by atoms with Gasteiger partial charge in [-0.2, -0.15) is 0 Å². The highest BCUT2D eigenvalue weighted by molar-refractivity contribution is 6.31. The van der Waals surface area contributed by atoms with Gasteiger partial charge in [0.2, 0.25) is 0 Å². The van der Waals surface area contributed by atoms with Crippen LogP contribution in [0.3, 0.4) is 0 Å². The van der Waals surface area contributed by atoms with Crippen LogP contribution in [0.5, 0.6) is 5.75 Å². The van der Waals surface area contributed by atoms with E-state index in [1.807, 2.05) is 37.3 Å². The van der Waals surface area contributed by atoms with Crippen molar-refractivity contribution >= 4 is 35.0 Å². The van der Waals surface area contributed by atoms with Gasteiger partial charge >= 0.3 is 5.97 Å². The van der Waals surface area contributed by atoms with E-state index in [1.165, 1.54) is 6.08 Å². The van der Waals surface area contributed by atoms with Crippen LogP contribution in [-0.4, -0.2) is 59.4 Å². The third-order valence-corrected chi connectivity index (χ3v) is 7.15. The Morgan fingerprint density at radius 1 is 1.18 bits per heavy atom. The van der Waals surface area contributed by atoms with Gasteiger partial charge in [0.15, 0.2) is 0 Å². The molecule has 0 saturated carbocycles. The maximum atomic E-state index is 12.3. The number of rotatable bonds is 13. The molecule has 1 heterocycles. The van der Waals surface area contributed by atoms with Gasteiger partial charge in [0.1, 0.15) is 35.7 Å². The summed E-state index contributed by atoms with van der Waals surface area (Å²) in [5.41, 5.74) is 2.61. The summed E-state index contributed by atoms with van der Waals surface area (Å²) in [5, 5.41) is 21.4. The number of benzene rings is 2. The van der Waals surface area contributed by atoms with Crippen molar-refractivity contribution in [2.75, 3.05) is 19.1 Å². The number of Topliss-reactive ketones (excluding diaryl/α,β-unsaturated/α-hetero) is 1. The van der Waals surface area contributed by atoms with Crippen molar-refractivity contribution < 1.29 is 34.0 Å². The van der Waals surface area contributed by atoms with Crippen LogP contribution in [0.25, 0.3) is 0 Å². The monoisotopic (exact) mass is 564 g/mol. The van der Waals surface area contributed by atoms with Crippen LogP contribution in [0.4, 0.5) is 0 Å². The van der Waals surface area contributed by atoms with Crippen molar-refractivity contribution in [3.05, 3.63) is 76.8 Å². The molecule has 0 radical (unpaired) electrons. The van der Waals surface area contributed by atoms with Gasteiger partial charge in [-0.25, -0.2) is 0 Å². The first-order chi connectivity index (χ1) is 18.3. The van der Waals surface area contributed by atoms with Crippen molar-refractivity contribution in [3.8, 4) is 5.75 Å². The predicted octanol–water partition coefficient (Wildman–Crippen LogP) is 4.81. The topological polar surface area (TPSA) is 102 Å². The van der Waals surface area contributed by atoms with Crippen molar-refractivity contribution in [3.63, 3.8) is 0 Å². The van der Waals surface area contributed by atoms with E-state index in [-0.39, 0.29) is 25.0 Å². The largest absolute Gasteiger partial charge is 0.494 e. The second-order valence-corrected chi connectivity index (χ2v) is 9.87. The molecule has 0 amide bonds. The van der Waals surface area contributed by atoms with E-state index in [2.05, 4.69) is 6.58 Å². The standard InChI is InChI=1S/C29H34Cl2O7/c1-3-5-21(33)9-12-23-28(37-25(17-32)27(35)29(23)38-26(34)16-30)19-8-13-24(31)20(15-19)14-18-6-10-22(11-7-18)36-4-2/h3,6-8,10-11,13,15,23,25,27-29,32,35H,1,4-5,9,12,14,16-17H2,2H3. The highest BCUT2D eigenvalue weighted by atomic mass is 35.5. The van der Waals surface area contributed by atoms with Gasteiger partial charge in [-0.15, -0.1) is 18.2 Å². The Morgan fingerprint density at radius 2 is 1.92 bits per heavy atom. The lowest BCUT2D eigenvalue weighted by Crippen LogP contribution is -2.54. The molecular formula is C29H34Cl2O7. The molecule has 1 aliphatic rings. The minimum atomic E-state index is -1.29. The molecule has 1 saturated heterocycles. The van der Waals surface area contributed by atoms with E-state index in [9.17, 15) is 19.8 Å². The number of hydrogen-bond acceptors (Lipinski definition) is 7. The zero-order chi connectivity index (χ0) is 27.7. The lowest BCUT2D eigenvalue weighted by molar-refractivity contribution is -0.224. The number of hydrogen-bond donors (Lipinski definition) is 2. The molecule has 38 heavy (non-hydrogen) atoms. The minimum Gasteiger partial charge on any atom is -0.494 e. The van der Waals surface area contributed by atoms with E-state index in [1.54, 1.807) is 12.1 Å². The Morgan fingerprint density at radius 3 is 2.55 bits per heavy atom. The molecule has 1 fully saturated rings. The molecule has 1 aliphatic heterocycles. The normalized spacial score (nSPS) is 23.0. The van der Waals surface area contributed by atoms with E-state index >= 15 is 0 Å². The first-order valence-corrected chi connectivity index (χ1v) is 13.5. The number of halogens is 2. The molecule has 5 atom stereocenters. The van der Waals surface area contributed by atoms with Crippen LogP contribution in [0.15, 0.2) is 55.1 Å². The number of carbonyl (C=O) groups is 2. The molecule has 2 aromatic carbocycles. The van der Waals surface area contributed by atoms with Crippen molar-refractivity contribution in [2.24, 2.45) is 5.92 Å². The number of alkyl halides is 1. The third-order valence-electron chi connectivity index (χ3n) is 6.56. The number of aliphatic hydroxyl groups is 2. The molecule has 2 aromatic rings. The van der Waals surface area contributed by atoms with Gasteiger partial charge in [-0.05, 0) is 54.7 Å². The average molecular weight is 565 g/mol. The molecule has 9 heteroatoms.